The summed E-state index contributed by atoms with van der Waals surface area (Å²) in [5.41, 5.74) is 9.41. The van der Waals surface area contributed by atoms with E-state index in [4.69, 9.17) is 5.73 Å². The van der Waals surface area contributed by atoms with Gasteiger partial charge in [0.2, 0.25) is 0 Å². The van der Waals surface area contributed by atoms with E-state index in [-0.39, 0.29) is 35.3 Å². The number of benzene rings is 1. The van der Waals surface area contributed by atoms with Crippen molar-refractivity contribution in [1.82, 2.24) is 25.3 Å². The first-order valence-corrected chi connectivity index (χ1v) is 11.8. The summed E-state index contributed by atoms with van der Waals surface area (Å²) < 4.78 is 0. The Bertz CT molecular complexity index is 1680. The maximum atomic E-state index is 12.9. The number of carbonyl (C=O) groups excluding carboxylic acids is 1. The monoisotopic (exact) mass is 499 g/mol. The van der Waals surface area contributed by atoms with Crippen LogP contribution in [0, 0.1) is 20.8 Å². The molecule has 0 spiro atoms. The number of nitrogens with two attached hydrogens (primary N) is 1. The van der Waals surface area contributed by atoms with Crippen LogP contribution >= 0.6 is 0 Å². The molecule has 2 aromatic carbocycles. The number of nitrogen functional groups attached to an aromatic ring is 1. The van der Waals surface area contributed by atoms with Gasteiger partial charge in [0.05, 0.1) is 0 Å². The van der Waals surface area contributed by atoms with Crippen molar-refractivity contribution < 1.29 is 4.79 Å². The van der Waals surface area contributed by atoms with Gasteiger partial charge in [-0.15, -0.1) is 0 Å². The highest BCUT2D eigenvalue weighted by molar-refractivity contribution is 5.90. The average Bonchev–Trinajstić information content (AvgIpc) is 2.87. The maximum Gasteiger partial charge on any atom is 0.287 e. The fourth-order valence-electron chi connectivity index (χ4n) is 4.58. The molecule has 0 saturated carbocycles. The first-order valence-electron chi connectivity index (χ1n) is 11.8. The van der Waals surface area contributed by atoms with E-state index >= 15 is 0 Å². The Hall–Kier alpha value is -4.67. The molecule has 4 aromatic rings. The lowest BCUT2D eigenvalue weighted by atomic mass is 9.96. The number of H-pyrrole nitrogens is 1. The molecule has 1 aliphatic heterocycles. The molecule has 3 heterocycles. The Morgan fingerprint density at radius 3 is 2.46 bits per heavy atom. The van der Waals surface area contributed by atoms with E-state index in [1.54, 1.807) is 6.92 Å². The minimum Gasteiger partial charge on any atom is -0.394 e. The molecule has 1 aliphatic rings. The lowest BCUT2D eigenvalue weighted by Gasteiger charge is -2.32. The maximum absolute atomic E-state index is 12.9. The molecule has 11 heteroatoms. The molecule has 37 heavy (non-hydrogen) atoms. The number of hydrogen-bond donors (Lipinski definition) is 3. The molecule has 0 aliphatic carbocycles. The standard InChI is InChI=1S/C26H25N7O4/c1-12-8-13(2)30-23(29-12)19-14(3)25(36)32-24(31-19)26(37)28-10-15-4-5-16-6-7-33(11-17(16)9-15)20-18(27)21(34)22(20)35/h4-5,8-9H,6-7,10-11,27H2,1-3H3,(H,28,37)(H,31,32,36). The lowest BCUT2D eigenvalue weighted by Crippen LogP contribution is -2.44. The molecular formula is C26H25N7O4. The van der Waals surface area contributed by atoms with Gasteiger partial charge in [-0.05, 0) is 49.9 Å². The predicted octanol–water partition coefficient (Wildman–Crippen LogP) is 0.823. The van der Waals surface area contributed by atoms with Crippen LogP contribution in [0.4, 0.5) is 11.4 Å². The second-order valence-electron chi connectivity index (χ2n) is 9.24. The number of anilines is 2. The molecule has 0 atom stereocenters. The van der Waals surface area contributed by atoms with Crippen LogP contribution in [0.5, 0.6) is 0 Å². The van der Waals surface area contributed by atoms with Crippen molar-refractivity contribution in [3.63, 3.8) is 0 Å². The van der Waals surface area contributed by atoms with Crippen molar-refractivity contribution in [3.05, 3.63) is 94.5 Å². The van der Waals surface area contributed by atoms with E-state index in [1.807, 2.05) is 43.0 Å². The van der Waals surface area contributed by atoms with E-state index in [0.717, 1.165) is 28.1 Å². The molecule has 0 saturated heterocycles. The molecule has 0 unspecified atom stereocenters. The zero-order chi connectivity index (χ0) is 26.4. The van der Waals surface area contributed by atoms with Crippen LogP contribution in [0.1, 0.15) is 44.3 Å². The van der Waals surface area contributed by atoms with Crippen molar-refractivity contribution in [1.29, 1.82) is 0 Å². The summed E-state index contributed by atoms with van der Waals surface area (Å²) in [7, 11) is 0. The molecular weight excluding hydrogens is 474 g/mol. The van der Waals surface area contributed by atoms with Gasteiger partial charge in [-0.2, -0.15) is 0 Å². The van der Waals surface area contributed by atoms with Gasteiger partial charge in [-0.25, -0.2) is 15.0 Å². The highest BCUT2D eigenvalue weighted by atomic mass is 16.2. The number of aromatic amines is 1. The van der Waals surface area contributed by atoms with Crippen LogP contribution in [0.3, 0.4) is 0 Å². The minimum absolute atomic E-state index is 0.0158. The number of carbonyl (C=O) groups is 1. The van der Waals surface area contributed by atoms with Crippen molar-refractivity contribution in [2.45, 2.75) is 40.3 Å². The first kappa shape index (κ1) is 24.0. The van der Waals surface area contributed by atoms with E-state index < -0.39 is 22.3 Å². The van der Waals surface area contributed by atoms with Crippen molar-refractivity contribution in [2.24, 2.45) is 0 Å². The normalized spacial score (nSPS) is 13.0. The van der Waals surface area contributed by atoms with Gasteiger partial charge in [0.25, 0.3) is 22.3 Å². The van der Waals surface area contributed by atoms with E-state index in [0.29, 0.717) is 25.1 Å². The van der Waals surface area contributed by atoms with Crippen LogP contribution in [0.25, 0.3) is 11.5 Å². The number of hydrogen-bond acceptors (Lipinski definition) is 9. The smallest absolute Gasteiger partial charge is 0.287 e. The van der Waals surface area contributed by atoms with Crippen LogP contribution < -0.4 is 32.4 Å². The Morgan fingerprint density at radius 2 is 1.76 bits per heavy atom. The summed E-state index contributed by atoms with van der Waals surface area (Å²) in [4.78, 5) is 66.3. The first-order chi connectivity index (χ1) is 17.6. The fraction of sp³-hybridized carbons (Fsp3) is 0.269. The average molecular weight is 500 g/mol. The van der Waals surface area contributed by atoms with Gasteiger partial charge in [-0.3, -0.25) is 19.2 Å². The summed E-state index contributed by atoms with van der Waals surface area (Å²) in [6.45, 7) is 6.48. The quantitative estimate of drug-likeness (QED) is 0.337. The van der Waals surface area contributed by atoms with Gasteiger partial charge in [0, 0.05) is 36.6 Å². The molecule has 0 fully saturated rings. The zero-order valence-electron chi connectivity index (χ0n) is 20.6. The van der Waals surface area contributed by atoms with E-state index in [9.17, 15) is 19.2 Å². The fourth-order valence-corrected chi connectivity index (χ4v) is 4.58. The molecule has 2 aromatic heterocycles. The zero-order valence-corrected chi connectivity index (χ0v) is 20.6. The molecule has 1 amide bonds. The molecule has 11 nitrogen and oxygen atoms in total. The minimum atomic E-state index is -0.632. The highest BCUT2D eigenvalue weighted by Crippen LogP contribution is 2.26. The third-order valence-electron chi connectivity index (χ3n) is 6.53. The van der Waals surface area contributed by atoms with Gasteiger partial charge >= 0.3 is 0 Å². The summed E-state index contributed by atoms with van der Waals surface area (Å²) >= 11 is 0. The largest absolute Gasteiger partial charge is 0.394 e. The number of nitrogens with one attached hydrogen (secondary N) is 2. The van der Waals surface area contributed by atoms with Crippen molar-refractivity contribution in [3.8, 4) is 11.5 Å². The van der Waals surface area contributed by atoms with Crippen LogP contribution in [-0.4, -0.2) is 32.4 Å². The molecule has 0 bridgehead atoms. The molecule has 5 rings (SSSR count). The third-order valence-corrected chi connectivity index (χ3v) is 6.53. The summed E-state index contributed by atoms with van der Waals surface area (Å²) in [6, 6.07) is 7.66. The summed E-state index contributed by atoms with van der Waals surface area (Å²) in [5.74, 6) is -0.386. The van der Waals surface area contributed by atoms with Crippen LogP contribution in [0.2, 0.25) is 0 Å². The van der Waals surface area contributed by atoms with Gasteiger partial charge < -0.3 is 20.9 Å². The number of rotatable bonds is 5. The summed E-state index contributed by atoms with van der Waals surface area (Å²) in [5, 5.41) is 2.79. The molecule has 0 radical (unpaired) electrons. The van der Waals surface area contributed by atoms with Crippen molar-refractivity contribution in [2.75, 3.05) is 17.2 Å². The van der Waals surface area contributed by atoms with E-state index in [1.165, 1.54) is 0 Å². The number of nitrogens with zero attached hydrogens (tertiary/aromatic N) is 4. The number of fused-ring (bicyclic) bond motifs is 1. The topological polar surface area (TPSA) is 164 Å². The second-order valence-corrected chi connectivity index (χ2v) is 9.24. The van der Waals surface area contributed by atoms with Crippen LogP contribution in [0.15, 0.2) is 38.6 Å². The number of amides is 1. The van der Waals surface area contributed by atoms with Crippen molar-refractivity contribution >= 4 is 17.3 Å². The van der Waals surface area contributed by atoms with Gasteiger partial charge in [-0.1, -0.05) is 18.2 Å². The molecule has 4 N–H and O–H groups in total. The highest BCUT2D eigenvalue weighted by Gasteiger charge is 2.27. The van der Waals surface area contributed by atoms with Gasteiger partial charge in [0.1, 0.15) is 17.1 Å². The van der Waals surface area contributed by atoms with E-state index in [2.05, 4.69) is 25.3 Å². The lowest BCUT2D eigenvalue weighted by molar-refractivity contribution is 0.0940. The Kier molecular flexibility index (Phi) is 5.90. The van der Waals surface area contributed by atoms with Crippen LogP contribution in [-0.2, 0) is 19.5 Å². The third kappa shape index (κ3) is 4.39. The Labute approximate surface area is 211 Å². The Balaban J connectivity index is 1.34. The SMILES string of the molecule is Cc1cc(C)nc(-c2nc(C(=O)NCc3ccc4c(c3)CN(c3c(N)c(=O)c3=O)CC4)[nH]c(=O)c2C)n1. The summed E-state index contributed by atoms with van der Waals surface area (Å²) in [6.07, 6.45) is 0.706. The second kappa shape index (κ2) is 9.08. The predicted molar refractivity (Wildman–Crippen MR) is 138 cm³/mol. The number of aryl methyl sites for hydroxylation is 2. The Morgan fingerprint density at radius 1 is 1.03 bits per heavy atom. The number of aromatic nitrogens is 4. The van der Waals surface area contributed by atoms with Gasteiger partial charge in [0.15, 0.2) is 11.6 Å². The molecule has 188 valence electrons.